The molecule has 6 nitrogen and oxygen atoms in total. The fourth-order valence-corrected chi connectivity index (χ4v) is 6.54. The second-order valence-corrected chi connectivity index (χ2v) is 11.1. The minimum Gasteiger partial charge on any atom is -0.481 e. The molecule has 5 rings (SSSR count). The first-order valence-electron chi connectivity index (χ1n) is 13.1. The zero-order valence-electron chi connectivity index (χ0n) is 20.5. The molecule has 0 saturated heterocycles. The second-order valence-electron chi connectivity index (χ2n) is 10.6. The molecule has 0 spiro atoms. The number of fused-ring (bicyclic) bond motifs is 1. The van der Waals surface area contributed by atoms with Gasteiger partial charge >= 0.3 is 5.97 Å². The summed E-state index contributed by atoms with van der Waals surface area (Å²) in [6.45, 7) is 0. The highest BCUT2D eigenvalue weighted by Gasteiger charge is 2.52. The lowest BCUT2D eigenvalue weighted by Gasteiger charge is -2.44. The lowest BCUT2D eigenvalue weighted by Crippen LogP contribution is -2.57. The number of nitrogens with one attached hydrogen (secondary N) is 3. The Morgan fingerprint density at radius 1 is 0.919 bits per heavy atom. The van der Waals surface area contributed by atoms with Crippen molar-refractivity contribution < 1.29 is 23.5 Å². The summed E-state index contributed by atoms with van der Waals surface area (Å²) in [5.74, 6) is -3.80. The Morgan fingerprint density at radius 3 is 2.03 bits per heavy atom. The van der Waals surface area contributed by atoms with Gasteiger partial charge in [-0.25, -0.2) is 8.78 Å². The Bertz CT molecular complexity index is 1130. The van der Waals surface area contributed by atoms with Crippen LogP contribution in [0.1, 0.15) is 63.4 Å². The number of carbonyl (C=O) groups is 2. The van der Waals surface area contributed by atoms with Crippen molar-refractivity contribution in [3.63, 3.8) is 0 Å². The number of carboxylic acids is 1. The fraction of sp³-hybridized carbons (Fsp3) is 0.500. The summed E-state index contributed by atoms with van der Waals surface area (Å²) in [6.07, 6.45) is 7.10. The topological polar surface area (TPSA) is 90.5 Å². The van der Waals surface area contributed by atoms with E-state index in [1.807, 2.05) is 12.1 Å². The molecule has 4 N–H and O–H groups in total. The van der Waals surface area contributed by atoms with E-state index in [2.05, 4.69) is 16.0 Å². The Balaban J connectivity index is 1.52. The summed E-state index contributed by atoms with van der Waals surface area (Å²) < 4.78 is 28.4. The van der Waals surface area contributed by atoms with Crippen molar-refractivity contribution in [2.75, 3.05) is 10.6 Å². The predicted molar refractivity (Wildman–Crippen MR) is 138 cm³/mol. The van der Waals surface area contributed by atoms with Gasteiger partial charge < -0.3 is 21.1 Å². The fourth-order valence-electron chi connectivity index (χ4n) is 6.41. The molecule has 1 heterocycles. The maximum Gasteiger partial charge on any atom is 0.306 e. The third-order valence-corrected chi connectivity index (χ3v) is 8.57. The monoisotopic (exact) mass is 531 g/mol. The average molecular weight is 532 g/mol. The van der Waals surface area contributed by atoms with E-state index in [0.29, 0.717) is 42.1 Å². The van der Waals surface area contributed by atoms with Crippen LogP contribution in [-0.4, -0.2) is 23.0 Å². The van der Waals surface area contributed by atoms with Gasteiger partial charge in [0.15, 0.2) is 11.6 Å². The minimum absolute atomic E-state index is 0.0313. The Morgan fingerprint density at radius 2 is 1.49 bits per heavy atom. The van der Waals surface area contributed by atoms with E-state index in [4.69, 9.17) is 11.6 Å². The number of amides is 1. The first-order chi connectivity index (χ1) is 17.8. The number of hydrogen-bond acceptors (Lipinski definition) is 4. The molecule has 198 valence electrons. The number of halogens is 3. The van der Waals surface area contributed by atoms with Gasteiger partial charge in [0.2, 0.25) is 5.91 Å². The van der Waals surface area contributed by atoms with Crippen LogP contribution in [0.15, 0.2) is 36.4 Å². The van der Waals surface area contributed by atoms with E-state index < -0.39 is 29.2 Å². The molecule has 1 amide bonds. The van der Waals surface area contributed by atoms with E-state index in [1.165, 1.54) is 0 Å². The summed E-state index contributed by atoms with van der Waals surface area (Å²) in [5, 5.41) is 19.9. The zero-order valence-corrected chi connectivity index (χ0v) is 21.3. The molecule has 3 aliphatic rings. The zero-order chi connectivity index (χ0) is 26.2. The Hall–Kier alpha value is -2.87. The maximum atomic E-state index is 14.2. The van der Waals surface area contributed by atoms with Crippen LogP contribution < -0.4 is 16.0 Å². The molecular formula is C28H32ClF2N3O3. The van der Waals surface area contributed by atoms with Gasteiger partial charge in [-0.3, -0.25) is 9.59 Å². The predicted octanol–water partition coefficient (Wildman–Crippen LogP) is 6.26. The molecule has 0 bridgehead atoms. The number of benzene rings is 2. The summed E-state index contributed by atoms with van der Waals surface area (Å²) in [4.78, 5) is 25.5. The van der Waals surface area contributed by atoms with E-state index >= 15 is 0 Å². The van der Waals surface area contributed by atoms with Crippen LogP contribution in [0.25, 0.3) is 0 Å². The Labute approximate surface area is 220 Å². The van der Waals surface area contributed by atoms with Gasteiger partial charge in [-0.1, -0.05) is 43.0 Å². The highest BCUT2D eigenvalue weighted by atomic mass is 35.5. The molecule has 2 aromatic rings. The number of rotatable bonds is 6. The maximum absolute atomic E-state index is 14.2. The molecule has 1 aliphatic heterocycles. The molecule has 0 radical (unpaired) electrons. The summed E-state index contributed by atoms with van der Waals surface area (Å²) in [7, 11) is 0. The summed E-state index contributed by atoms with van der Waals surface area (Å²) in [6, 6.07) is 9.29. The van der Waals surface area contributed by atoms with Crippen LogP contribution in [0.3, 0.4) is 0 Å². The van der Waals surface area contributed by atoms with E-state index in [1.54, 1.807) is 12.1 Å². The van der Waals surface area contributed by atoms with Crippen LogP contribution in [0, 0.1) is 29.4 Å². The normalized spacial score (nSPS) is 23.9. The molecule has 2 aromatic carbocycles. The first kappa shape index (κ1) is 25.8. The number of carboxylic acid groups (broad SMARTS) is 1. The quantitative estimate of drug-likeness (QED) is 0.353. The van der Waals surface area contributed by atoms with Crippen LogP contribution in [0.4, 0.5) is 20.2 Å². The van der Waals surface area contributed by atoms with Gasteiger partial charge in [-0.2, -0.15) is 0 Å². The number of anilines is 2. The van der Waals surface area contributed by atoms with Crippen molar-refractivity contribution in [3.05, 3.63) is 58.6 Å². The first-order valence-corrected chi connectivity index (χ1v) is 13.5. The number of carbonyl (C=O) groups excluding carboxylic acids is 1. The van der Waals surface area contributed by atoms with Gasteiger partial charge in [-0.15, -0.1) is 0 Å². The molecule has 2 aliphatic carbocycles. The van der Waals surface area contributed by atoms with Crippen molar-refractivity contribution in [3.8, 4) is 0 Å². The largest absolute Gasteiger partial charge is 0.481 e. The van der Waals surface area contributed by atoms with Gasteiger partial charge in [-0.05, 0) is 62.1 Å². The summed E-state index contributed by atoms with van der Waals surface area (Å²) >= 11 is 6.19. The standard InChI is InChI=1S/C28H32ClF2N3O3/c29-19-10-8-18(9-11-19)28(33-23-14-21(30)22(31)15-24(23)34-28)25(16-4-2-1-3-5-16)26(35)32-20-12-6-17(7-13-20)27(36)37/h8-11,14-17,20,25,33-34H,1-7,12-13H2,(H,32,35)(H,36,37). The van der Waals surface area contributed by atoms with Crippen molar-refractivity contribution >= 4 is 34.9 Å². The molecule has 9 heteroatoms. The number of hydrogen-bond donors (Lipinski definition) is 4. The molecule has 37 heavy (non-hydrogen) atoms. The Kier molecular flexibility index (Phi) is 7.30. The second kappa shape index (κ2) is 10.5. The van der Waals surface area contributed by atoms with E-state index in [-0.39, 0.29) is 23.8 Å². The number of aliphatic carboxylic acids is 1. The van der Waals surface area contributed by atoms with Gasteiger partial charge in [0.1, 0.15) is 5.66 Å². The lowest BCUT2D eigenvalue weighted by atomic mass is 9.71. The third kappa shape index (κ3) is 5.13. The molecule has 1 atom stereocenters. The molecular weight excluding hydrogens is 500 g/mol. The van der Waals surface area contributed by atoms with Crippen molar-refractivity contribution in [2.24, 2.45) is 17.8 Å². The van der Waals surface area contributed by atoms with Gasteiger partial charge in [0.25, 0.3) is 0 Å². The molecule has 1 unspecified atom stereocenters. The highest BCUT2D eigenvalue weighted by Crippen LogP contribution is 2.49. The van der Waals surface area contributed by atoms with Crippen LogP contribution in [0.2, 0.25) is 5.02 Å². The highest BCUT2D eigenvalue weighted by molar-refractivity contribution is 6.30. The van der Waals surface area contributed by atoms with Crippen LogP contribution in [-0.2, 0) is 15.3 Å². The summed E-state index contributed by atoms with van der Waals surface area (Å²) in [5.41, 5.74) is 0.389. The smallest absolute Gasteiger partial charge is 0.306 e. The molecule has 2 fully saturated rings. The SMILES string of the molecule is O=C(O)C1CCC(NC(=O)C(C2CCCCC2)C2(c3ccc(Cl)cc3)Nc3cc(F)c(F)cc3N2)CC1. The molecule has 2 saturated carbocycles. The van der Waals surface area contributed by atoms with E-state index in [9.17, 15) is 23.5 Å². The van der Waals surface area contributed by atoms with Crippen molar-refractivity contribution in [1.82, 2.24) is 5.32 Å². The van der Waals surface area contributed by atoms with E-state index in [0.717, 1.165) is 49.8 Å². The van der Waals surface area contributed by atoms with Gasteiger partial charge in [0, 0.05) is 23.2 Å². The van der Waals surface area contributed by atoms with Crippen molar-refractivity contribution in [1.29, 1.82) is 0 Å². The lowest BCUT2D eigenvalue weighted by molar-refractivity contribution is -0.142. The van der Waals surface area contributed by atoms with Crippen LogP contribution >= 0.6 is 11.6 Å². The third-order valence-electron chi connectivity index (χ3n) is 8.32. The van der Waals surface area contributed by atoms with Crippen molar-refractivity contribution in [2.45, 2.75) is 69.5 Å². The minimum atomic E-state index is -1.14. The average Bonchev–Trinajstić information content (AvgIpc) is 3.24. The molecule has 0 aromatic heterocycles. The van der Waals surface area contributed by atoms with Crippen LogP contribution in [0.5, 0.6) is 0 Å². The van der Waals surface area contributed by atoms with Gasteiger partial charge in [0.05, 0.1) is 23.2 Å².